The highest BCUT2D eigenvalue weighted by Gasteiger charge is 2.03. The molecule has 0 fully saturated rings. The summed E-state index contributed by atoms with van der Waals surface area (Å²) in [7, 11) is 0. The van der Waals surface area contributed by atoms with E-state index in [-0.39, 0.29) is 5.88 Å². The smallest absolute Gasteiger partial charge is 0.307 e. The normalized spacial score (nSPS) is 9.38. The Hall–Kier alpha value is -1.82. The summed E-state index contributed by atoms with van der Waals surface area (Å²) in [5, 5.41) is 2.37. The van der Waals surface area contributed by atoms with Crippen molar-refractivity contribution in [2.45, 2.75) is 0 Å². The Morgan fingerprint density at radius 1 is 1.19 bits per heavy atom. The standard InChI is InChI=1S/C9H9ClFN3O2/c10-5-8(15)13-14-9(16)12-7-3-1-6(11)2-4-7/h1-4H,5H2,(H,13,15)(H2,12,14,16). The summed E-state index contributed by atoms with van der Waals surface area (Å²) in [6, 6.07) is 4.53. The zero-order valence-corrected chi connectivity index (χ0v) is 8.84. The van der Waals surface area contributed by atoms with E-state index < -0.39 is 17.8 Å². The summed E-state index contributed by atoms with van der Waals surface area (Å²) in [4.78, 5) is 21.8. The number of alkyl halides is 1. The number of hydrogen-bond donors (Lipinski definition) is 3. The van der Waals surface area contributed by atoms with Crippen LogP contribution in [0.4, 0.5) is 14.9 Å². The molecular weight excluding hydrogens is 237 g/mol. The van der Waals surface area contributed by atoms with Crippen molar-refractivity contribution in [1.29, 1.82) is 0 Å². The molecule has 0 aliphatic heterocycles. The van der Waals surface area contributed by atoms with Crippen LogP contribution in [0.3, 0.4) is 0 Å². The molecule has 1 aromatic rings. The lowest BCUT2D eigenvalue weighted by atomic mass is 10.3. The van der Waals surface area contributed by atoms with Crippen molar-refractivity contribution < 1.29 is 14.0 Å². The quantitative estimate of drug-likeness (QED) is 0.542. The summed E-state index contributed by atoms with van der Waals surface area (Å²) in [6.45, 7) is 0. The summed E-state index contributed by atoms with van der Waals surface area (Å²) < 4.78 is 12.5. The average molecular weight is 246 g/mol. The largest absolute Gasteiger partial charge is 0.337 e. The first-order valence-corrected chi connectivity index (χ1v) is 4.82. The Kier molecular flexibility index (Phi) is 4.53. The Balaban J connectivity index is 2.40. The molecule has 0 aliphatic carbocycles. The fourth-order valence-electron chi connectivity index (χ4n) is 0.855. The van der Waals surface area contributed by atoms with Crippen molar-refractivity contribution in [1.82, 2.24) is 10.9 Å². The number of hydrogen-bond acceptors (Lipinski definition) is 2. The zero-order valence-electron chi connectivity index (χ0n) is 8.09. The number of hydrazine groups is 1. The van der Waals surface area contributed by atoms with Gasteiger partial charge in [-0.05, 0) is 24.3 Å². The number of rotatable bonds is 2. The van der Waals surface area contributed by atoms with Crippen LogP contribution in [0.25, 0.3) is 0 Å². The van der Waals surface area contributed by atoms with E-state index in [0.717, 1.165) is 0 Å². The monoisotopic (exact) mass is 245 g/mol. The Bertz CT molecular complexity index is 383. The van der Waals surface area contributed by atoms with E-state index >= 15 is 0 Å². The molecule has 1 aromatic carbocycles. The van der Waals surface area contributed by atoms with E-state index in [0.29, 0.717) is 5.69 Å². The molecule has 1 rings (SSSR count). The molecule has 0 bridgehead atoms. The molecule has 3 amide bonds. The molecule has 7 heteroatoms. The molecule has 0 spiro atoms. The minimum absolute atomic E-state index is 0.253. The summed E-state index contributed by atoms with van der Waals surface area (Å²) in [5.74, 6) is -1.19. The number of anilines is 1. The van der Waals surface area contributed by atoms with Crippen LogP contribution in [0.15, 0.2) is 24.3 Å². The van der Waals surface area contributed by atoms with E-state index in [9.17, 15) is 14.0 Å². The van der Waals surface area contributed by atoms with Gasteiger partial charge in [0.25, 0.3) is 5.91 Å². The first-order chi connectivity index (χ1) is 7.61. The van der Waals surface area contributed by atoms with E-state index in [1.807, 2.05) is 0 Å². The molecule has 0 heterocycles. The minimum atomic E-state index is -0.648. The lowest BCUT2D eigenvalue weighted by molar-refractivity contribution is -0.119. The van der Waals surface area contributed by atoms with Crippen molar-refractivity contribution >= 4 is 29.2 Å². The molecule has 3 N–H and O–H groups in total. The van der Waals surface area contributed by atoms with Gasteiger partial charge >= 0.3 is 6.03 Å². The fraction of sp³-hybridized carbons (Fsp3) is 0.111. The third-order valence-electron chi connectivity index (χ3n) is 1.54. The van der Waals surface area contributed by atoms with Gasteiger partial charge in [0.2, 0.25) is 0 Å². The van der Waals surface area contributed by atoms with E-state index in [1.54, 1.807) is 0 Å². The van der Waals surface area contributed by atoms with E-state index in [1.165, 1.54) is 24.3 Å². The lowest BCUT2D eigenvalue weighted by Crippen LogP contribution is -2.44. The van der Waals surface area contributed by atoms with Crippen molar-refractivity contribution in [3.63, 3.8) is 0 Å². The Labute approximate surface area is 95.9 Å². The van der Waals surface area contributed by atoms with Crippen molar-refractivity contribution in [3.05, 3.63) is 30.1 Å². The highest BCUT2D eigenvalue weighted by atomic mass is 35.5. The predicted octanol–water partition coefficient (Wildman–Crippen LogP) is 1.22. The summed E-state index contributed by atoms with van der Waals surface area (Å²) in [5.41, 5.74) is 4.53. The van der Waals surface area contributed by atoms with Gasteiger partial charge in [-0.25, -0.2) is 14.6 Å². The van der Waals surface area contributed by atoms with Crippen LogP contribution in [0.2, 0.25) is 0 Å². The first-order valence-electron chi connectivity index (χ1n) is 4.29. The molecule has 5 nitrogen and oxygen atoms in total. The number of carbonyl (C=O) groups is 2. The Morgan fingerprint density at radius 2 is 1.81 bits per heavy atom. The van der Waals surface area contributed by atoms with Gasteiger partial charge in [-0.15, -0.1) is 11.6 Å². The minimum Gasteiger partial charge on any atom is -0.307 e. The molecule has 0 unspecified atom stereocenters. The lowest BCUT2D eigenvalue weighted by Gasteiger charge is -2.07. The van der Waals surface area contributed by atoms with Crippen molar-refractivity contribution in [3.8, 4) is 0 Å². The van der Waals surface area contributed by atoms with E-state index in [4.69, 9.17) is 11.6 Å². The summed E-state index contributed by atoms with van der Waals surface area (Å²) in [6.07, 6.45) is 0. The van der Waals surface area contributed by atoms with Gasteiger partial charge in [0.15, 0.2) is 0 Å². The number of urea groups is 1. The van der Waals surface area contributed by atoms with Crippen LogP contribution >= 0.6 is 11.6 Å². The molecule has 0 saturated heterocycles. The number of benzene rings is 1. The maximum Gasteiger partial charge on any atom is 0.337 e. The van der Waals surface area contributed by atoms with Crippen molar-refractivity contribution in [2.24, 2.45) is 0 Å². The number of halogens is 2. The zero-order chi connectivity index (χ0) is 12.0. The third-order valence-corrected chi connectivity index (χ3v) is 1.78. The van der Waals surface area contributed by atoms with Crippen molar-refractivity contribution in [2.75, 3.05) is 11.2 Å². The second kappa shape index (κ2) is 5.92. The SMILES string of the molecule is O=C(CCl)NNC(=O)Nc1ccc(F)cc1. The van der Waals surface area contributed by atoms with E-state index in [2.05, 4.69) is 16.2 Å². The van der Waals surface area contributed by atoms with Crippen LogP contribution in [-0.2, 0) is 4.79 Å². The molecule has 0 aromatic heterocycles. The Morgan fingerprint density at radius 3 is 2.38 bits per heavy atom. The van der Waals surface area contributed by atoms with Gasteiger partial charge in [-0.1, -0.05) is 0 Å². The highest BCUT2D eigenvalue weighted by Crippen LogP contribution is 2.07. The molecule has 0 aliphatic rings. The van der Waals surface area contributed by atoms with Gasteiger partial charge in [0.1, 0.15) is 11.7 Å². The molecule has 16 heavy (non-hydrogen) atoms. The maximum atomic E-state index is 12.5. The molecule has 0 saturated carbocycles. The van der Waals surface area contributed by atoms with Gasteiger partial charge in [-0.2, -0.15) is 0 Å². The van der Waals surface area contributed by atoms with Crippen LogP contribution in [0.5, 0.6) is 0 Å². The maximum absolute atomic E-state index is 12.5. The fourth-order valence-corrected chi connectivity index (χ4v) is 0.922. The average Bonchev–Trinajstić information content (AvgIpc) is 2.29. The highest BCUT2D eigenvalue weighted by molar-refractivity contribution is 6.27. The number of nitrogens with one attached hydrogen (secondary N) is 3. The second-order valence-corrected chi connectivity index (χ2v) is 3.04. The van der Waals surface area contributed by atoms with Gasteiger partial charge < -0.3 is 5.32 Å². The van der Waals surface area contributed by atoms with Gasteiger partial charge in [0, 0.05) is 5.69 Å². The summed E-state index contributed by atoms with van der Waals surface area (Å²) >= 11 is 5.19. The molecule has 0 atom stereocenters. The topological polar surface area (TPSA) is 70.2 Å². The van der Waals surface area contributed by atoms with Gasteiger partial charge in [-0.3, -0.25) is 10.2 Å². The van der Waals surface area contributed by atoms with Crippen LogP contribution in [-0.4, -0.2) is 17.8 Å². The van der Waals surface area contributed by atoms with Crippen LogP contribution in [0.1, 0.15) is 0 Å². The number of amides is 3. The second-order valence-electron chi connectivity index (χ2n) is 2.77. The first kappa shape index (κ1) is 12.3. The van der Waals surface area contributed by atoms with Crippen LogP contribution in [0, 0.1) is 5.82 Å². The van der Waals surface area contributed by atoms with Gasteiger partial charge in [0.05, 0.1) is 0 Å². The molecular formula is C9H9ClFN3O2. The molecule has 86 valence electrons. The third kappa shape index (κ3) is 4.14. The molecule has 0 radical (unpaired) electrons. The number of carbonyl (C=O) groups excluding carboxylic acids is 2. The van der Waals surface area contributed by atoms with Crippen LogP contribution < -0.4 is 16.2 Å². The predicted molar refractivity (Wildman–Crippen MR) is 57.4 cm³/mol.